The largest absolute Gasteiger partial charge is 0.463 e. The first-order valence-electron chi connectivity index (χ1n) is 18.7. The van der Waals surface area contributed by atoms with Gasteiger partial charge >= 0.3 is 14.5 Å². The Morgan fingerprint density at radius 1 is 0.418 bits per heavy atom. The average Bonchev–Trinajstić information content (AvgIpc) is 3.28. The molecule has 0 radical (unpaired) electrons. The topological polar surface area (TPSA) is 44.8 Å². The minimum Gasteiger partial charge on any atom is -0.463 e. The Kier molecular flexibility index (Phi) is 12.1. The summed E-state index contributed by atoms with van der Waals surface area (Å²) in [4.78, 5) is 12.4. The Balaban J connectivity index is 1.58. The standard InChI is InChI=1S/C48H44O4Si3/c1-2-48(49)50-39-24-40-53(41-25-10-3-11-26-41,51-54(42-27-12-4-13-28-42,43-29-14-5-15-30-43)44-31-16-6-17-32-44)52-55(45-33-18-7-19-34-45,46-35-20-8-21-36-46)47-37-22-9-23-38-47/h2-23,25-38H,1,24,39-40H2. The summed E-state index contributed by atoms with van der Waals surface area (Å²) in [7, 11) is -10.5. The van der Waals surface area contributed by atoms with Crippen LogP contribution >= 0.6 is 0 Å². The van der Waals surface area contributed by atoms with E-state index in [1.54, 1.807) is 0 Å². The van der Waals surface area contributed by atoms with Gasteiger partial charge in [0.2, 0.25) is 0 Å². The molecule has 0 aromatic heterocycles. The zero-order valence-electron chi connectivity index (χ0n) is 30.7. The highest BCUT2D eigenvalue weighted by Gasteiger charge is 2.57. The van der Waals surface area contributed by atoms with Gasteiger partial charge in [-0.25, -0.2) is 4.79 Å². The fourth-order valence-corrected chi connectivity index (χ4v) is 24.2. The summed E-state index contributed by atoms with van der Waals surface area (Å²) in [5, 5.41) is 7.73. The van der Waals surface area contributed by atoms with Gasteiger partial charge in [0.25, 0.3) is 16.6 Å². The third kappa shape index (κ3) is 7.93. The molecule has 7 heteroatoms. The van der Waals surface area contributed by atoms with E-state index in [9.17, 15) is 4.79 Å². The van der Waals surface area contributed by atoms with Crippen molar-refractivity contribution in [1.29, 1.82) is 0 Å². The van der Waals surface area contributed by atoms with Crippen LogP contribution in [0.15, 0.2) is 225 Å². The highest BCUT2D eigenvalue weighted by Crippen LogP contribution is 2.28. The summed E-state index contributed by atoms with van der Waals surface area (Å²) >= 11 is 0. The van der Waals surface area contributed by atoms with Crippen LogP contribution in [0.4, 0.5) is 0 Å². The van der Waals surface area contributed by atoms with Crippen LogP contribution in [-0.2, 0) is 17.8 Å². The van der Waals surface area contributed by atoms with E-state index in [0.29, 0.717) is 12.5 Å². The van der Waals surface area contributed by atoms with Gasteiger partial charge in [-0.15, -0.1) is 0 Å². The summed E-state index contributed by atoms with van der Waals surface area (Å²) in [6.45, 7) is 3.83. The van der Waals surface area contributed by atoms with E-state index in [-0.39, 0.29) is 6.61 Å². The molecule has 7 aromatic rings. The van der Waals surface area contributed by atoms with Crippen LogP contribution in [-0.4, -0.2) is 37.8 Å². The van der Waals surface area contributed by atoms with Crippen molar-refractivity contribution >= 4 is 67.5 Å². The molecule has 0 atom stereocenters. The molecule has 0 saturated heterocycles. The Bertz CT molecular complexity index is 1920. The maximum atomic E-state index is 12.4. The molecular weight excluding hydrogens is 725 g/mol. The maximum absolute atomic E-state index is 12.4. The van der Waals surface area contributed by atoms with Crippen molar-refractivity contribution in [2.75, 3.05) is 6.61 Å². The van der Waals surface area contributed by atoms with E-state index in [1.165, 1.54) is 6.08 Å². The van der Waals surface area contributed by atoms with Crippen LogP contribution < -0.4 is 36.3 Å². The van der Waals surface area contributed by atoms with Gasteiger partial charge in [0.1, 0.15) is 0 Å². The molecule has 0 aliphatic heterocycles. The predicted molar refractivity (Wildman–Crippen MR) is 233 cm³/mol. The molecule has 4 nitrogen and oxygen atoms in total. The summed E-state index contributed by atoms with van der Waals surface area (Å²) in [6, 6.07) is 75.1. The van der Waals surface area contributed by atoms with Crippen molar-refractivity contribution in [3.8, 4) is 0 Å². The number of esters is 1. The second-order valence-corrected chi connectivity index (χ2v) is 23.8. The molecule has 0 fully saturated rings. The number of carbonyl (C=O) groups excluding carboxylic acids is 1. The molecular formula is C48H44O4Si3. The maximum Gasteiger partial charge on any atom is 0.353 e. The number of benzene rings is 7. The van der Waals surface area contributed by atoms with Crippen LogP contribution in [0.1, 0.15) is 6.42 Å². The van der Waals surface area contributed by atoms with E-state index >= 15 is 0 Å². The molecule has 0 saturated carbocycles. The van der Waals surface area contributed by atoms with Crippen LogP contribution in [0.3, 0.4) is 0 Å². The minimum absolute atomic E-state index is 0.201. The molecule has 7 rings (SSSR count). The molecule has 0 heterocycles. The fourth-order valence-electron chi connectivity index (χ4n) is 7.50. The zero-order valence-corrected chi connectivity index (χ0v) is 33.7. The van der Waals surface area contributed by atoms with E-state index in [1.807, 2.05) is 6.07 Å². The third-order valence-corrected chi connectivity index (χ3v) is 24.2. The van der Waals surface area contributed by atoms with Gasteiger partial charge < -0.3 is 13.0 Å². The first kappa shape index (κ1) is 37.6. The molecule has 0 spiro atoms. The van der Waals surface area contributed by atoms with E-state index < -0.39 is 31.2 Å². The van der Waals surface area contributed by atoms with E-state index in [2.05, 4.69) is 213 Å². The molecule has 7 aromatic carbocycles. The van der Waals surface area contributed by atoms with Crippen molar-refractivity contribution in [2.45, 2.75) is 12.5 Å². The molecule has 0 bridgehead atoms. The molecule has 0 amide bonds. The normalized spacial score (nSPS) is 11.8. The molecule has 0 N–H and O–H groups in total. The second-order valence-electron chi connectivity index (χ2n) is 13.4. The number of ether oxygens (including phenoxy) is 1. The van der Waals surface area contributed by atoms with E-state index in [4.69, 9.17) is 13.0 Å². The number of rotatable bonds is 16. The summed E-state index contributed by atoms with van der Waals surface area (Å²) in [6.07, 6.45) is 1.73. The molecule has 272 valence electrons. The molecule has 55 heavy (non-hydrogen) atoms. The van der Waals surface area contributed by atoms with Crippen LogP contribution in [0.25, 0.3) is 0 Å². The first-order valence-corrected chi connectivity index (χ1v) is 24.5. The van der Waals surface area contributed by atoms with Crippen molar-refractivity contribution in [3.05, 3.63) is 225 Å². The summed E-state index contributed by atoms with van der Waals surface area (Å²) < 4.78 is 22.6. The molecule has 0 aliphatic rings. The number of carbonyl (C=O) groups is 1. The van der Waals surface area contributed by atoms with Crippen molar-refractivity contribution < 1.29 is 17.8 Å². The van der Waals surface area contributed by atoms with Gasteiger partial charge in [0.05, 0.1) is 6.61 Å². The molecule has 0 unspecified atom stereocenters. The van der Waals surface area contributed by atoms with Gasteiger partial charge in [-0.2, -0.15) is 0 Å². The van der Waals surface area contributed by atoms with Gasteiger partial charge in [-0.1, -0.05) is 219 Å². The van der Waals surface area contributed by atoms with Gasteiger partial charge in [0.15, 0.2) is 0 Å². The SMILES string of the molecule is C=CC(=O)OCCC[Si](O[Si](c1ccccc1)(c1ccccc1)c1ccccc1)(O[Si](c1ccccc1)(c1ccccc1)c1ccccc1)c1ccccc1. The summed E-state index contributed by atoms with van der Waals surface area (Å²) in [5.74, 6) is -0.447. The Morgan fingerprint density at radius 2 is 0.673 bits per heavy atom. The minimum atomic E-state index is -3.72. The first-order chi connectivity index (χ1) is 27.1. The molecule has 0 aliphatic carbocycles. The Labute approximate surface area is 327 Å². The highest BCUT2D eigenvalue weighted by molar-refractivity contribution is 7.15. The lowest BCUT2D eigenvalue weighted by atomic mass is 10.3. The smallest absolute Gasteiger partial charge is 0.353 e. The monoisotopic (exact) mass is 768 g/mol. The Morgan fingerprint density at radius 3 is 0.927 bits per heavy atom. The highest BCUT2D eigenvalue weighted by atomic mass is 28.5. The van der Waals surface area contributed by atoms with Crippen molar-refractivity contribution in [3.63, 3.8) is 0 Å². The van der Waals surface area contributed by atoms with Gasteiger partial charge in [-0.3, -0.25) is 0 Å². The van der Waals surface area contributed by atoms with Crippen molar-refractivity contribution in [2.24, 2.45) is 0 Å². The number of hydrogen-bond acceptors (Lipinski definition) is 4. The lowest BCUT2D eigenvalue weighted by Gasteiger charge is -2.47. The fraction of sp³-hybridized carbons (Fsp3) is 0.0625. The van der Waals surface area contributed by atoms with E-state index in [0.717, 1.165) is 36.3 Å². The quantitative estimate of drug-likeness (QED) is 0.0409. The van der Waals surface area contributed by atoms with Gasteiger partial charge in [0, 0.05) is 6.08 Å². The third-order valence-electron chi connectivity index (χ3n) is 9.99. The lowest BCUT2D eigenvalue weighted by molar-refractivity contribution is -0.137. The summed E-state index contributed by atoms with van der Waals surface area (Å²) in [5.41, 5.74) is 0. The van der Waals surface area contributed by atoms with Crippen LogP contribution in [0.2, 0.25) is 6.04 Å². The van der Waals surface area contributed by atoms with Crippen LogP contribution in [0, 0.1) is 0 Å². The zero-order chi connectivity index (χ0) is 37.8. The van der Waals surface area contributed by atoms with Crippen LogP contribution in [0.5, 0.6) is 0 Å². The van der Waals surface area contributed by atoms with Gasteiger partial charge in [-0.05, 0) is 48.8 Å². The Hall–Kier alpha value is -5.68. The number of hydrogen-bond donors (Lipinski definition) is 0. The van der Waals surface area contributed by atoms with Crippen molar-refractivity contribution in [1.82, 2.24) is 0 Å². The lowest BCUT2D eigenvalue weighted by Crippen LogP contribution is -2.80. The average molecular weight is 769 g/mol. The predicted octanol–water partition coefficient (Wildman–Crippen LogP) is 5.82. The second kappa shape index (κ2) is 17.6.